The summed E-state index contributed by atoms with van der Waals surface area (Å²) in [5.41, 5.74) is 19.7. The van der Waals surface area contributed by atoms with E-state index in [9.17, 15) is 4.79 Å². The number of aliphatic hydroxyl groups is 1. The summed E-state index contributed by atoms with van der Waals surface area (Å²) in [4.78, 5) is 16.9. The first-order valence-corrected chi connectivity index (χ1v) is 15.0. The minimum Gasteiger partial charge on any atom is -0.494 e. The molecule has 1 heterocycles. The molecule has 0 unspecified atom stereocenters. The van der Waals surface area contributed by atoms with E-state index in [1.807, 2.05) is 24.3 Å². The standard InChI is InChI=1S/C14H17N5O2S.C13H19N5O2.C2H6O/c15-19-16-9-3-1-2-4-10-20-12-7-5-11(6-8-12)13-17-18-14(22)21-13;14-17-13(19)11-5-7-12(8-6-11)20-10-4-2-1-3-9-16-18-15;1-2-3/h5-8H,1-4,9-10H2,(H,18,22);5-8H,1-4,9-10,14H2,(H,17,19);3H,2H2,1H3. The Labute approximate surface area is 267 Å². The molecule has 16 heteroatoms. The maximum Gasteiger partial charge on any atom is 0.284 e. The summed E-state index contributed by atoms with van der Waals surface area (Å²) in [6.45, 7) is 4.36. The predicted octanol–water partition coefficient (Wildman–Crippen LogP) is 7.19. The average Bonchev–Trinajstić information content (AvgIpc) is 3.50. The first kappa shape index (κ1) is 38.4. The van der Waals surface area contributed by atoms with E-state index < -0.39 is 0 Å². The monoisotopic (exact) mass is 642 g/mol. The molecule has 0 saturated heterocycles. The molecule has 1 amide bonds. The molecule has 0 radical (unpaired) electrons. The van der Waals surface area contributed by atoms with Crippen LogP contribution < -0.4 is 20.7 Å². The van der Waals surface area contributed by atoms with Crippen LogP contribution in [-0.2, 0) is 0 Å². The van der Waals surface area contributed by atoms with E-state index in [1.54, 1.807) is 31.2 Å². The highest BCUT2D eigenvalue weighted by Gasteiger charge is 2.04. The molecule has 0 spiro atoms. The van der Waals surface area contributed by atoms with Crippen molar-refractivity contribution >= 4 is 18.1 Å². The van der Waals surface area contributed by atoms with E-state index in [-0.39, 0.29) is 17.4 Å². The Morgan fingerprint density at radius 2 is 1.38 bits per heavy atom. The van der Waals surface area contributed by atoms with E-state index >= 15 is 0 Å². The van der Waals surface area contributed by atoms with Crippen LogP contribution in [0.15, 0.2) is 63.2 Å². The molecule has 1 aromatic heterocycles. The molecule has 45 heavy (non-hydrogen) atoms. The first-order chi connectivity index (χ1) is 22.0. The van der Waals surface area contributed by atoms with Crippen molar-refractivity contribution in [3.63, 3.8) is 0 Å². The van der Waals surface area contributed by atoms with Crippen LogP contribution in [0.25, 0.3) is 32.3 Å². The number of nitrogen functional groups attached to an aromatic ring is 1. The van der Waals surface area contributed by atoms with E-state index in [2.05, 4.69) is 35.7 Å². The van der Waals surface area contributed by atoms with Crippen LogP contribution in [0.2, 0.25) is 0 Å². The molecule has 0 saturated carbocycles. The molecule has 0 fully saturated rings. The van der Waals surface area contributed by atoms with E-state index in [4.69, 9.17) is 48.1 Å². The Balaban J connectivity index is 0.000000416. The topological polar surface area (TPSA) is 233 Å². The van der Waals surface area contributed by atoms with Gasteiger partial charge in [-0.1, -0.05) is 35.9 Å². The first-order valence-electron chi connectivity index (χ1n) is 14.6. The maximum atomic E-state index is 11.2. The lowest BCUT2D eigenvalue weighted by atomic mass is 10.2. The van der Waals surface area contributed by atoms with Crippen LogP contribution in [0.3, 0.4) is 0 Å². The van der Waals surface area contributed by atoms with Gasteiger partial charge in [0.2, 0.25) is 5.89 Å². The number of hydrogen-bond acceptors (Lipinski definition) is 10. The Bertz CT molecular complexity index is 1350. The number of ether oxygens (including phenoxy) is 2. The number of aromatic amines is 1. The van der Waals surface area contributed by atoms with Crippen molar-refractivity contribution in [2.45, 2.75) is 58.3 Å². The quantitative estimate of drug-likeness (QED) is 0.0161. The number of amides is 1. The molecule has 0 aliphatic rings. The highest BCUT2D eigenvalue weighted by Crippen LogP contribution is 2.21. The number of nitrogens with one attached hydrogen (secondary N) is 2. The van der Waals surface area contributed by atoms with E-state index in [0.29, 0.717) is 37.8 Å². The Hall–Kier alpha value is -4.59. The van der Waals surface area contributed by atoms with Crippen molar-refractivity contribution in [2.75, 3.05) is 32.9 Å². The number of nitrogens with two attached hydrogens (primary N) is 1. The van der Waals surface area contributed by atoms with Gasteiger partial charge in [-0.3, -0.25) is 10.2 Å². The van der Waals surface area contributed by atoms with Crippen molar-refractivity contribution < 1.29 is 23.8 Å². The molecule has 0 bridgehead atoms. The van der Waals surface area contributed by atoms with Gasteiger partial charge in [-0.25, -0.2) is 10.9 Å². The van der Waals surface area contributed by atoms with Gasteiger partial charge >= 0.3 is 0 Å². The number of H-pyrrole nitrogens is 1. The third-order valence-corrected chi connectivity index (χ3v) is 5.93. The third kappa shape index (κ3) is 18.6. The van der Waals surface area contributed by atoms with Crippen LogP contribution in [0.4, 0.5) is 0 Å². The molecule has 5 N–H and O–H groups in total. The number of rotatable bonds is 18. The van der Waals surface area contributed by atoms with Gasteiger partial charge in [0, 0.05) is 40.6 Å². The molecule has 244 valence electrons. The molecule has 15 nitrogen and oxygen atoms in total. The Kier molecular flexibility index (Phi) is 22.1. The SMILES string of the molecule is CCO.[N-]=[N+]=NCCCCCCOc1ccc(-c2n[nH]c(=S)o2)cc1.[N-]=[N+]=NCCCCCCOc1ccc(C(=O)NN)cc1. The molecule has 0 aliphatic carbocycles. The minimum absolute atomic E-state index is 0.250. The van der Waals surface area contributed by atoms with Gasteiger partial charge in [0.1, 0.15) is 11.5 Å². The molecule has 3 rings (SSSR count). The minimum atomic E-state index is -0.323. The van der Waals surface area contributed by atoms with Gasteiger partial charge in [-0.2, -0.15) is 0 Å². The number of nitrogens with zero attached hydrogens (tertiary/aromatic N) is 7. The normalized spacial score (nSPS) is 9.67. The van der Waals surface area contributed by atoms with Crippen molar-refractivity contribution in [2.24, 2.45) is 16.1 Å². The van der Waals surface area contributed by atoms with Crippen LogP contribution in [0, 0.1) is 4.84 Å². The number of unbranched alkanes of at least 4 members (excludes halogenated alkanes) is 6. The van der Waals surface area contributed by atoms with Crippen molar-refractivity contribution in [3.05, 3.63) is 79.8 Å². The smallest absolute Gasteiger partial charge is 0.284 e. The van der Waals surface area contributed by atoms with Gasteiger partial charge < -0.3 is 19.0 Å². The number of benzene rings is 2. The van der Waals surface area contributed by atoms with Gasteiger partial charge in [0.15, 0.2) is 0 Å². The van der Waals surface area contributed by atoms with Crippen molar-refractivity contribution in [1.29, 1.82) is 0 Å². The van der Waals surface area contributed by atoms with Crippen LogP contribution in [0.5, 0.6) is 11.5 Å². The molecule has 0 aliphatic heterocycles. The fourth-order valence-corrected chi connectivity index (χ4v) is 3.70. The van der Waals surface area contributed by atoms with E-state index in [0.717, 1.165) is 68.4 Å². The fraction of sp³-hybridized carbons (Fsp3) is 0.483. The molecule has 2 aromatic carbocycles. The third-order valence-electron chi connectivity index (χ3n) is 5.76. The lowest BCUT2D eigenvalue weighted by molar-refractivity contribution is 0.0953. The van der Waals surface area contributed by atoms with Gasteiger partial charge in [-0.15, -0.1) is 5.10 Å². The Morgan fingerprint density at radius 1 is 0.911 bits per heavy atom. The zero-order valence-electron chi connectivity index (χ0n) is 25.5. The van der Waals surface area contributed by atoms with E-state index in [1.165, 1.54) is 0 Å². The number of azide groups is 2. The second kappa shape index (κ2) is 25.9. The fourth-order valence-electron chi connectivity index (χ4n) is 3.58. The number of aromatic nitrogens is 2. The summed E-state index contributed by atoms with van der Waals surface area (Å²) >= 11 is 4.84. The lowest BCUT2D eigenvalue weighted by Crippen LogP contribution is -2.29. The summed E-state index contributed by atoms with van der Waals surface area (Å²) in [6.07, 6.45) is 7.93. The van der Waals surface area contributed by atoms with Crippen LogP contribution >= 0.6 is 12.2 Å². The highest BCUT2D eigenvalue weighted by molar-refractivity contribution is 7.71. The van der Waals surface area contributed by atoms with Crippen molar-refractivity contribution in [1.82, 2.24) is 15.6 Å². The highest BCUT2D eigenvalue weighted by atomic mass is 32.1. The number of carbonyl (C=O) groups excluding carboxylic acids is 1. The molecule has 0 atom stereocenters. The van der Waals surface area contributed by atoms with Crippen molar-refractivity contribution in [3.8, 4) is 23.0 Å². The predicted molar refractivity (Wildman–Crippen MR) is 174 cm³/mol. The Morgan fingerprint density at radius 3 is 1.80 bits per heavy atom. The summed E-state index contributed by atoms with van der Waals surface area (Å²) in [5.74, 6) is 6.73. The largest absolute Gasteiger partial charge is 0.494 e. The van der Waals surface area contributed by atoms with Crippen LogP contribution in [-0.4, -0.2) is 54.1 Å². The average molecular weight is 643 g/mol. The summed E-state index contributed by atoms with van der Waals surface area (Å²) < 4.78 is 16.5. The maximum absolute atomic E-state index is 11.2. The molecule has 3 aromatic rings. The summed E-state index contributed by atoms with van der Waals surface area (Å²) in [6, 6.07) is 14.3. The molecular weight excluding hydrogens is 600 g/mol. The van der Waals surface area contributed by atoms with Crippen LogP contribution in [0.1, 0.15) is 68.6 Å². The molecular formula is C29H42N10O5S. The van der Waals surface area contributed by atoms with Gasteiger partial charge in [0.25, 0.3) is 10.7 Å². The summed E-state index contributed by atoms with van der Waals surface area (Å²) in [7, 11) is 0. The zero-order valence-corrected chi connectivity index (χ0v) is 26.3. The second-order valence-electron chi connectivity index (χ2n) is 9.19. The number of carbonyl (C=O) groups is 1. The van der Waals surface area contributed by atoms with Gasteiger partial charge in [0.05, 0.1) is 13.2 Å². The number of aliphatic hydroxyl groups excluding tert-OH is 1. The summed E-state index contributed by atoms with van der Waals surface area (Å²) in [5, 5.41) is 21.1. The second-order valence-corrected chi connectivity index (χ2v) is 9.56. The number of hydrazine groups is 1. The number of hydrogen-bond donors (Lipinski definition) is 4. The zero-order chi connectivity index (χ0) is 33.0. The van der Waals surface area contributed by atoms with Gasteiger partial charge in [-0.05, 0) is 104 Å². The lowest BCUT2D eigenvalue weighted by Gasteiger charge is -2.06.